The summed E-state index contributed by atoms with van der Waals surface area (Å²) in [4.78, 5) is 28.1. The van der Waals surface area contributed by atoms with Crippen LogP contribution in [0.3, 0.4) is 0 Å². The Morgan fingerprint density at radius 2 is 1.68 bits per heavy atom. The first-order valence-corrected chi connectivity index (χ1v) is 9.82. The van der Waals surface area contributed by atoms with Gasteiger partial charge < -0.3 is 14.8 Å². The van der Waals surface area contributed by atoms with E-state index < -0.39 is 6.03 Å². The molecule has 1 aromatic carbocycles. The Kier molecular flexibility index (Phi) is 9.03. The highest BCUT2D eigenvalue weighted by Gasteiger charge is 2.20. The van der Waals surface area contributed by atoms with E-state index in [9.17, 15) is 9.59 Å². The normalized spacial score (nSPS) is 16.2. The second-order valence-electron chi connectivity index (χ2n) is 6.97. The number of piperazine rings is 1. The first kappa shape index (κ1) is 22.0. The topological polar surface area (TPSA) is 83.1 Å². The number of benzene rings is 1. The van der Waals surface area contributed by atoms with E-state index in [-0.39, 0.29) is 18.5 Å². The lowest BCUT2D eigenvalue weighted by Gasteiger charge is -2.34. The van der Waals surface area contributed by atoms with Crippen LogP contribution in [0.1, 0.15) is 20.3 Å². The monoisotopic (exact) mass is 392 g/mol. The number of imide groups is 1. The van der Waals surface area contributed by atoms with Gasteiger partial charge in [-0.3, -0.25) is 19.9 Å². The van der Waals surface area contributed by atoms with Crippen LogP contribution >= 0.6 is 0 Å². The van der Waals surface area contributed by atoms with E-state index in [2.05, 4.69) is 20.4 Å². The molecule has 0 aliphatic carbocycles. The Labute approximate surface area is 167 Å². The maximum Gasteiger partial charge on any atom is 0.321 e. The van der Waals surface area contributed by atoms with Crippen molar-refractivity contribution in [3.05, 3.63) is 24.3 Å². The minimum absolute atomic E-state index is 0.0523. The third-order valence-corrected chi connectivity index (χ3v) is 4.81. The van der Waals surface area contributed by atoms with Crippen LogP contribution in [-0.2, 0) is 4.79 Å². The highest BCUT2D eigenvalue weighted by atomic mass is 16.5. The fourth-order valence-corrected chi connectivity index (χ4v) is 2.87. The van der Waals surface area contributed by atoms with Crippen LogP contribution in [0.5, 0.6) is 11.5 Å². The average molecular weight is 393 g/mol. The molecule has 1 heterocycles. The maximum atomic E-state index is 12.0. The van der Waals surface area contributed by atoms with E-state index in [0.29, 0.717) is 6.61 Å². The second kappa shape index (κ2) is 11.5. The van der Waals surface area contributed by atoms with Crippen molar-refractivity contribution in [2.24, 2.45) is 0 Å². The highest BCUT2D eigenvalue weighted by Crippen LogP contribution is 2.16. The zero-order valence-corrected chi connectivity index (χ0v) is 17.1. The first-order valence-electron chi connectivity index (χ1n) is 9.82. The Hall–Kier alpha value is -2.32. The number of carbonyl (C=O) groups excluding carboxylic acids is 2. The number of urea groups is 1. The molecule has 2 N–H and O–H groups in total. The molecule has 0 saturated carbocycles. The molecule has 0 bridgehead atoms. The number of carbonyl (C=O) groups is 2. The highest BCUT2D eigenvalue weighted by molar-refractivity contribution is 5.95. The van der Waals surface area contributed by atoms with Crippen molar-refractivity contribution in [2.45, 2.75) is 26.3 Å². The standard InChI is InChI=1S/C20H32N4O4/c1-4-16(2)21-20(26)22-19(25)15-24-11-9-23(10-12-24)13-14-28-18-7-5-17(27-3)6-8-18/h5-8,16H,4,9-15H2,1-3H3,(H2,21,22,25,26)/t16-/m0/s1. The van der Waals surface area contributed by atoms with Gasteiger partial charge in [0.15, 0.2) is 0 Å². The largest absolute Gasteiger partial charge is 0.497 e. The molecule has 8 heteroatoms. The molecule has 1 saturated heterocycles. The summed E-state index contributed by atoms with van der Waals surface area (Å²) in [5.41, 5.74) is 0. The summed E-state index contributed by atoms with van der Waals surface area (Å²) in [6.45, 7) is 8.91. The molecule has 0 aromatic heterocycles. The Morgan fingerprint density at radius 3 is 2.29 bits per heavy atom. The molecule has 1 aliphatic heterocycles. The fraction of sp³-hybridized carbons (Fsp3) is 0.600. The van der Waals surface area contributed by atoms with Crippen LogP contribution in [0.2, 0.25) is 0 Å². The third kappa shape index (κ3) is 7.74. The van der Waals surface area contributed by atoms with Crippen molar-refractivity contribution in [3.8, 4) is 11.5 Å². The van der Waals surface area contributed by atoms with E-state index in [0.717, 1.165) is 50.6 Å². The van der Waals surface area contributed by atoms with Crippen LogP contribution in [0.4, 0.5) is 4.79 Å². The molecule has 0 radical (unpaired) electrons. The van der Waals surface area contributed by atoms with Gasteiger partial charge in [0, 0.05) is 38.8 Å². The van der Waals surface area contributed by atoms with Gasteiger partial charge >= 0.3 is 6.03 Å². The second-order valence-corrected chi connectivity index (χ2v) is 6.97. The van der Waals surface area contributed by atoms with Crippen molar-refractivity contribution in [3.63, 3.8) is 0 Å². The van der Waals surface area contributed by atoms with Crippen LogP contribution < -0.4 is 20.1 Å². The molecular formula is C20H32N4O4. The van der Waals surface area contributed by atoms with Gasteiger partial charge in [-0.25, -0.2) is 4.79 Å². The number of nitrogens with zero attached hydrogens (tertiary/aromatic N) is 2. The van der Waals surface area contributed by atoms with Gasteiger partial charge in [-0.15, -0.1) is 0 Å². The Bertz CT molecular complexity index is 615. The molecule has 3 amide bonds. The van der Waals surface area contributed by atoms with E-state index in [1.54, 1.807) is 7.11 Å². The minimum atomic E-state index is -0.423. The lowest BCUT2D eigenvalue weighted by molar-refractivity contribution is -0.121. The lowest BCUT2D eigenvalue weighted by atomic mass is 10.3. The van der Waals surface area contributed by atoms with Gasteiger partial charge in [0.1, 0.15) is 18.1 Å². The SMILES string of the molecule is CC[C@H](C)NC(=O)NC(=O)CN1CCN(CCOc2ccc(OC)cc2)CC1. The molecule has 28 heavy (non-hydrogen) atoms. The zero-order chi connectivity index (χ0) is 20.4. The van der Waals surface area contributed by atoms with Crippen LogP contribution in [0.15, 0.2) is 24.3 Å². The zero-order valence-electron chi connectivity index (χ0n) is 17.1. The van der Waals surface area contributed by atoms with Gasteiger partial charge in [-0.2, -0.15) is 0 Å². The Morgan fingerprint density at radius 1 is 1.07 bits per heavy atom. The molecule has 1 aliphatic rings. The molecule has 1 aromatic rings. The van der Waals surface area contributed by atoms with Crippen LogP contribution in [-0.4, -0.2) is 80.8 Å². The third-order valence-electron chi connectivity index (χ3n) is 4.81. The number of hydrogen-bond donors (Lipinski definition) is 2. The number of ether oxygens (including phenoxy) is 2. The summed E-state index contributed by atoms with van der Waals surface area (Å²) in [6.07, 6.45) is 0.825. The molecular weight excluding hydrogens is 360 g/mol. The minimum Gasteiger partial charge on any atom is -0.497 e. The molecule has 1 atom stereocenters. The van der Waals surface area contributed by atoms with Crippen molar-refractivity contribution < 1.29 is 19.1 Å². The van der Waals surface area contributed by atoms with Gasteiger partial charge in [-0.05, 0) is 37.6 Å². The van der Waals surface area contributed by atoms with Crippen molar-refractivity contribution >= 4 is 11.9 Å². The summed E-state index contributed by atoms with van der Waals surface area (Å²) >= 11 is 0. The van der Waals surface area contributed by atoms with Gasteiger partial charge in [0.2, 0.25) is 5.91 Å². The summed E-state index contributed by atoms with van der Waals surface area (Å²) in [6, 6.07) is 7.18. The predicted octanol–water partition coefficient (Wildman–Crippen LogP) is 1.32. The molecule has 8 nitrogen and oxygen atoms in total. The predicted molar refractivity (Wildman–Crippen MR) is 108 cm³/mol. The lowest BCUT2D eigenvalue weighted by Crippen LogP contribution is -2.52. The number of hydrogen-bond acceptors (Lipinski definition) is 6. The van der Waals surface area contributed by atoms with Crippen molar-refractivity contribution in [1.29, 1.82) is 0 Å². The first-order chi connectivity index (χ1) is 13.5. The van der Waals surface area contributed by atoms with Crippen molar-refractivity contribution in [2.75, 3.05) is 53.0 Å². The smallest absolute Gasteiger partial charge is 0.321 e. The van der Waals surface area contributed by atoms with Gasteiger partial charge in [0.05, 0.1) is 13.7 Å². The Balaban J connectivity index is 1.60. The quantitative estimate of drug-likeness (QED) is 0.660. The summed E-state index contributed by atoms with van der Waals surface area (Å²) in [5.74, 6) is 1.37. The van der Waals surface area contributed by atoms with Crippen molar-refractivity contribution in [1.82, 2.24) is 20.4 Å². The van der Waals surface area contributed by atoms with Crippen LogP contribution in [0.25, 0.3) is 0 Å². The maximum absolute atomic E-state index is 12.0. The van der Waals surface area contributed by atoms with E-state index in [4.69, 9.17) is 9.47 Å². The van der Waals surface area contributed by atoms with E-state index in [1.165, 1.54) is 0 Å². The number of methoxy groups -OCH3 is 1. The van der Waals surface area contributed by atoms with E-state index >= 15 is 0 Å². The molecule has 0 spiro atoms. The number of nitrogens with one attached hydrogen (secondary N) is 2. The molecule has 2 rings (SSSR count). The van der Waals surface area contributed by atoms with Crippen LogP contribution in [0, 0.1) is 0 Å². The summed E-state index contributed by atoms with van der Waals surface area (Å²) in [5, 5.41) is 5.12. The molecule has 1 fully saturated rings. The number of rotatable bonds is 9. The van der Waals surface area contributed by atoms with E-state index in [1.807, 2.05) is 38.1 Å². The molecule has 0 unspecified atom stereocenters. The fourth-order valence-electron chi connectivity index (χ4n) is 2.87. The van der Waals surface area contributed by atoms with Gasteiger partial charge in [-0.1, -0.05) is 6.92 Å². The molecule has 156 valence electrons. The van der Waals surface area contributed by atoms with Gasteiger partial charge in [0.25, 0.3) is 0 Å². The summed E-state index contributed by atoms with van der Waals surface area (Å²) < 4.78 is 10.9. The average Bonchev–Trinajstić information content (AvgIpc) is 2.69. The summed E-state index contributed by atoms with van der Waals surface area (Å²) in [7, 11) is 1.64. The number of amides is 3.